The summed E-state index contributed by atoms with van der Waals surface area (Å²) in [6, 6.07) is 8.03. The number of carbonyl (C=O) groups excluding carboxylic acids is 1. The van der Waals surface area contributed by atoms with Crippen LogP contribution >= 0.6 is 0 Å². The van der Waals surface area contributed by atoms with Crippen molar-refractivity contribution in [1.82, 2.24) is 0 Å². The van der Waals surface area contributed by atoms with Gasteiger partial charge in [0.2, 0.25) is 5.91 Å². The Hall–Kier alpha value is -1.51. The molecule has 1 heterocycles. The number of nitrogens with zero attached hydrogens (tertiary/aromatic N) is 1. The number of fused-ring (bicyclic) bond motifs is 1. The zero-order valence-corrected chi connectivity index (χ0v) is 13.8. The van der Waals surface area contributed by atoms with Gasteiger partial charge in [-0.25, -0.2) is 0 Å². The quantitative estimate of drug-likeness (QED) is 0.784. The van der Waals surface area contributed by atoms with Crippen LogP contribution in [0.4, 0.5) is 5.69 Å². The van der Waals surface area contributed by atoms with Gasteiger partial charge in [-0.05, 0) is 75.3 Å². The van der Waals surface area contributed by atoms with Gasteiger partial charge in [0, 0.05) is 0 Å². The lowest BCUT2D eigenvalue weighted by Crippen LogP contribution is -2.56. The fraction of sp³-hybridized carbons (Fsp3) is 0.650. The Morgan fingerprint density at radius 1 is 1.09 bits per heavy atom. The van der Waals surface area contributed by atoms with Gasteiger partial charge in [0.15, 0.2) is 0 Å². The van der Waals surface area contributed by atoms with Crippen molar-refractivity contribution in [2.45, 2.75) is 51.6 Å². The third kappa shape index (κ3) is 2.05. The normalized spacial score (nSPS) is 40.7. The average Bonchev–Trinajstić information content (AvgIpc) is 2.52. The maximum absolute atomic E-state index is 13.6. The van der Waals surface area contributed by atoms with Crippen molar-refractivity contribution in [2.75, 3.05) is 11.4 Å². The SMILES string of the molecule is C[C@H]1CN(C(=O)C23CC4CC(CC(C4)C2)C3)c2ccccc2O1. The number of anilines is 1. The number of benzene rings is 1. The van der Waals surface area contributed by atoms with Crippen molar-refractivity contribution in [3.05, 3.63) is 24.3 Å². The van der Waals surface area contributed by atoms with E-state index in [2.05, 4.69) is 11.8 Å². The Morgan fingerprint density at radius 3 is 2.35 bits per heavy atom. The molecule has 122 valence electrons. The van der Waals surface area contributed by atoms with Gasteiger partial charge in [0.25, 0.3) is 0 Å². The minimum Gasteiger partial charge on any atom is -0.487 e. The van der Waals surface area contributed by atoms with Crippen LogP contribution in [-0.2, 0) is 4.79 Å². The van der Waals surface area contributed by atoms with Gasteiger partial charge in [-0.1, -0.05) is 12.1 Å². The molecule has 0 radical (unpaired) electrons. The van der Waals surface area contributed by atoms with Crippen LogP contribution < -0.4 is 9.64 Å². The summed E-state index contributed by atoms with van der Waals surface area (Å²) in [7, 11) is 0. The molecule has 4 bridgehead atoms. The summed E-state index contributed by atoms with van der Waals surface area (Å²) in [5, 5.41) is 0. The molecule has 1 amide bonds. The Labute approximate surface area is 138 Å². The molecular weight excluding hydrogens is 286 g/mol. The third-order valence-corrected chi connectivity index (χ3v) is 6.66. The van der Waals surface area contributed by atoms with Gasteiger partial charge < -0.3 is 9.64 Å². The van der Waals surface area contributed by atoms with Crippen molar-refractivity contribution >= 4 is 11.6 Å². The van der Waals surface area contributed by atoms with Gasteiger partial charge in [-0.3, -0.25) is 4.79 Å². The monoisotopic (exact) mass is 311 g/mol. The number of carbonyl (C=O) groups is 1. The smallest absolute Gasteiger partial charge is 0.233 e. The second-order valence-electron chi connectivity index (χ2n) is 8.51. The number of rotatable bonds is 1. The van der Waals surface area contributed by atoms with Crippen molar-refractivity contribution in [3.63, 3.8) is 0 Å². The van der Waals surface area contributed by atoms with Gasteiger partial charge in [0.1, 0.15) is 11.9 Å². The number of hydrogen-bond donors (Lipinski definition) is 0. The van der Waals surface area contributed by atoms with E-state index in [-0.39, 0.29) is 11.5 Å². The Morgan fingerprint density at radius 2 is 1.70 bits per heavy atom. The van der Waals surface area contributed by atoms with Gasteiger partial charge in [-0.15, -0.1) is 0 Å². The highest BCUT2D eigenvalue weighted by Crippen LogP contribution is 2.61. The molecule has 6 rings (SSSR count). The summed E-state index contributed by atoms with van der Waals surface area (Å²) in [6.07, 6.45) is 7.60. The van der Waals surface area contributed by atoms with E-state index in [0.29, 0.717) is 12.5 Å². The van der Waals surface area contributed by atoms with E-state index >= 15 is 0 Å². The minimum atomic E-state index is -0.0705. The van der Waals surface area contributed by atoms with Crippen molar-refractivity contribution in [3.8, 4) is 5.75 Å². The molecule has 23 heavy (non-hydrogen) atoms. The summed E-state index contributed by atoms with van der Waals surface area (Å²) in [4.78, 5) is 15.7. The first kappa shape index (κ1) is 13.9. The van der Waals surface area contributed by atoms with Gasteiger partial charge in [-0.2, -0.15) is 0 Å². The maximum Gasteiger partial charge on any atom is 0.233 e. The number of para-hydroxylation sites is 2. The molecule has 1 atom stereocenters. The van der Waals surface area contributed by atoms with E-state index in [1.165, 1.54) is 19.3 Å². The zero-order valence-electron chi connectivity index (χ0n) is 13.8. The predicted molar refractivity (Wildman–Crippen MR) is 89.5 cm³/mol. The average molecular weight is 311 g/mol. The Balaban J connectivity index is 1.51. The molecule has 3 heteroatoms. The summed E-state index contributed by atoms with van der Waals surface area (Å²) in [5.41, 5.74) is 0.908. The van der Waals surface area contributed by atoms with Gasteiger partial charge >= 0.3 is 0 Å². The highest BCUT2D eigenvalue weighted by molar-refractivity contribution is 5.99. The molecule has 4 saturated carbocycles. The predicted octanol–water partition coefficient (Wildman–Crippen LogP) is 4.02. The van der Waals surface area contributed by atoms with E-state index in [0.717, 1.165) is 48.5 Å². The van der Waals surface area contributed by atoms with E-state index in [9.17, 15) is 4.79 Å². The topological polar surface area (TPSA) is 29.5 Å². The molecule has 1 aromatic rings. The van der Waals surface area contributed by atoms with Crippen LogP contribution in [0.5, 0.6) is 5.75 Å². The molecule has 0 spiro atoms. The first-order chi connectivity index (χ1) is 11.1. The summed E-state index contributed by atoms with van der Waals surface area (Å²) >= 11 is 0. The van der Waals surface area contributed by atoms with E-state index in [1.54, 1.807) is 0 Å². The first-order valence-electron chi connectivity index (χ1n) is 9.21. The molecule has 0 unspecified atom stereocenters. The summed E-state index contributed by atoms with van der Waals surface area (Å²) in [5.74, 6) is 3.67. The van der Waals surface area contributed by atoms with Crippen LogP contribution in [0.2, 0.25) is 0 Å². The first-order valence-corrected chi connectivity index (χ1v) is 9.21. The molecule has 0 saturated heterocycles. The van der Waals surface area contributed by atoms with E-state index in [1.807, 2.05) is 24.3 Å². The lowest BCUT2D eigenvalue weighted by atomic mass is 9.49. The minimum absolute atomic E-state index is 0.0705. The van der Waals surface area contributed by atoms with Crippen molar-refractivity contribution in [1.29, 1.82) is 0 Å². The van der Waals surface area contributed by atoms with Crippen molar-refractivity contribution in [2.24, 2.45) is 23.2 Å². The number of amides is 1. The lowest BCUT2D eigenvalue weighted by Gasteiger charge is -2.57. The standard InChI is InChI=1S/C20H25NO2/c1-13-12-21(17-4-2-3-5-18(17)23-13)19(22)20-9-14-6-15(10-20)8-16(7-14)11-20/h2-5,13-16H,6-12H2,1H3/t13-,14?,15?,16?,20?/m0/s1. The highest BCUT2D eigenvalue weighted by atomic mass is 16.5. The molecule has 1 aliphatic heterocycles. The van der Waals surface area contributed by atoms with Crippen LogP contribution in [0.3, 0.4) is 0 Å². The number of hydrogen-bond acceptors (Lipinski definition) is 2. The molecule has 4 aliphatic carbocycles. The number of ether oxygens (including phenoxy) is 1. The largest absolute Gasteiger partial charge is 0.487 e. The van der Waals surface area contributed by atoms with Gasteiger partial charge in [0.05, 0.1) is 17.6 Å². The Bertz CT molecular complexity index is 618. The molecule has 0 N–H and O–H groups in total. The zero-order chi connectivity index (χ0) is 15.6. The van der Waals surface area contributed by atoms with Crippen LogP contribution in [-0.4, -0.2) is 18.6 Å². The highest BCUT2D eigenvalue weighted by Gasteiger charge is 2.56. The second kappa shape index (κ2) is 4.75. The van der Waals surface area contributed by atoms with Crippen LogP contribution in [0, 0.1) is 23.2 Å². The van der Waals surface area contributed by atoms with Crippen LogP contribution in [0.1, 0.15) is 45.4 Å². The Kier molecular flexibility index (Phi) is 2.87. The van der Waals surface area contributed by atoms with Crippen LogP contribution in [0.15, 0.2) is 24.3 Å². The second-order valence-corrected chi connectivity index (χ2v) is 8.51. The van der Waals surface area contributed by atoms with Crippen LogP contribution in [0.25, 0.3) is 0 Å². The van der Waals surface area contributed by atoms with Crippen molar-refractivity contribution < 1.29 is 9.53 Å². The third-order valence-electron chi connectivity index (χ3n) is 6.66. The molecule has 3 nitrogen and oxygen atoms in total. The fourth-order valence-corrected chi connectivity index (χ4v) is 6.24. The summed E-state index contributed by atoms with van der Waals surface area (Å²) < 4.78 is 5.94. The lowest BCUT2D eigenvalue weighted by molar-refractivity contribution is -0.143. The fourth-order valence-electron chi connectivity index (χ4n) is 6.24. The molecule has 0 aromatic heterocycles. The molecule has 1 aromatic carbocycles. The van der Waals surface area contributed by atoms with E-state index in [4.69, 9.17) is 4.74 Å². The summed E-state index contributed by atoms with van der Waals surface area (Å²) in [6.45, 7) is 2.76. The molecule has 5 aliphatic rings. The maximum atomic E-state index is 13.6. The molecule has 4 fully saturated rings. The van der Waals surface area contributed by atoms with E-state index < -0.39 is 0 Å². The molecular formula is C20H25NO2.